The summed E-state index contributed by atoms with van der Waals surface area (Å²) in [6.07, 6.45) is 2.32. The van der Waals surface area contributed by atoms with Crippen molar-refractivity contribution in [1.29, 1.82) is 0 Å². The van der Waals surface area contributed by atoms with Gasteiger partial charge in [-0.2, -0.15) is 0 Å². The first-order valence-electron chi connectivity index (χ1n) is 5.73. The van der Waals surface area contributed by atoms with Crippen LogP contribution in [0.25, 0.3) is 0 Å². The van der Waals surface area contributed by atoms with Crippen LogP contribution in [0.2, 0.25) is 0 Å². The summed E-state index contributed by atoms with van der Waals surface area (Å²) >= 11 is 5.62. The molecule has 1 unspecified atom stereocenters. The highest BCUT2D eigenvalue weighted by Gasteiger charge is 2.18. The lowest BCUT2D eigenvalue weighted by Gasteiger charge is -2.13. The highest BCUT2D eigenvalue weighted by molar-refractivity contribution is 6.16. The Hall–Kier alpha value is -1.68. The Balaban J connectivity index is 2.06. The number of nitrogens with one attached hydrogen (secondary N) is 1. The van der Waals surface area contributed by atoms with E-state index in [0.717, 1.165) is 12.2 Å². The lowest BCUT2D eigenvalue weighted by Crippen LogP contribution is -2.27. The van der Waals surface area contributed by atoms with Gasteiger partial charge in [-0.25, -0.2) is 0 Å². The van der Waals surface area contributed by atoms with Crippen LogP contribution in [0, 0.1) is 0 Å². The first-order chi connectivity index (χ1) is 8.74. The first kappa shape index (κ1) is 12.8. The fourth-order valence-electron chi connectivity index (χ4n) is 1.67. The molecule has 5 heteroatoms. The molecule has 0 aliphatic carbocycles. The predicted molar refractivity (Wildman–Crippen MR) is 67.5 cm³/mol. The molecule has 2 heterocycles. The zero-order valence-corrected chi connectivity index (χ0v) is 10.7. The van der Waals surface area contributed by atoms with Crippen molar-refractivity contribution in [1.82, 2.24) is 5.32 Å². The number of hydrogen-bond donors (Lipinski definition) is 1. The van der Waals surface area contributed by atoms with Gasteiger partial charge in [0.05, 0.1) is 18.2 Å². The van der Waals surface area contributed by atoms with Crippen LogP contribution in [0.1, 0.15) is 41.5 Å². The molecule has 0 spiro atoms. The van der Waals surface area contributed by atoms with E-state index in [4.69, 9.17) is 20.4 Å². The third kappa shape index (κ3) is 2.76. The van der Waals surface area contributed by atoms with Gasteiger partial charge in [0.1, 0.15) is 11.5 Å². The number of alkyl halides is 1. The van der Waals surface area contributed by atoms with Crippen LogP contribution >= 0.6 is 11.6 Å². The van der Waals surface area contributed by atoms with E-state index < -0.39 is 0 Å². The van der Waals surface area contributed by atoms with Crippen molar-refractivity contribution >= 4 is 17.5 Å². The number of carbonyl (C=O) groups excluding carboxylic acids is 1. The van der Waals surface area contributed by atoms with Crippen molar-refractivity contribution in [3.63, 3.8) is 0 Å². The first-order valence-corrected chi connectivity index (χ1v) is 6.27. The standard InChI is InChI=1S/C13H14ClNO3/c1-2-10(11-4-3-7-17-11)15-13(16)12-6-5-9(8-14)18-12/h3-7,10H,2,8H2,1H3,(H,15,16). The average molecular weight is 268 g/mol. The summed E-state index contributed by atoms with van der Waals surface area (Å²) in [7, 11) is 0. The molecule has 0 saturated carbocycles. The largest absolute Gasteiger partial charge is 0.467 e. The van der Waals surface area contributed by atoms with E-state index in [1.165, 1.54) is 0 Å². The maximum atomic E-state index is 11.9. The molecular weight excluding hydrogens is 254 g/mol. The number of amides is 1. The molecule has 0 saturated heterocycles. The van der Waals surface area contributed by atoms with E-state index in [2.05, 4.69) is 5.32 Å². The maximum Gasteiger partial charge on any atom is 0.287 e. The zero-order valence-electron chi connectivity index (χ0n) is 9.98. The molecule has 0 aromatic carbocycles. The summed E-state index contributed by atoms with van der Waals surface area (Å²) in [5, 5.41) is 2.85. The Labute approximate surface area is 110 Å². The van der Waals surface area contributed by atoms with Gasteiger partial charge in [0.2, 0.25) is 0 Å². The second-order valence-corrected chi connectivity index (χ2v) is 4.12. The third-order valence-corrected chi connectivity index (χ3v) is 2.88. The van der Waals surface area contributed by atoms with E-state index in [0.29, 0.717) is 5.76 Å². The van der Waals surface area contributed by atoms with Gasteiger partial charge in [-0.3, -0.25) is 4.79 Å². The van der Waals surface area contributed by atoms with E-state index in [9.17, 15) is 4.79 Å². The summed E-state index contributed by atoms with van der Waals surface area (Å²) in [5.41, 5.74) is 0. The monoisotopic (exact) mass is 267 g/mol. The summed E-state index contributed by atoms with van der Waals surface area (Å²) in [5.74, 6) is 1.55. The molecule has 4 nitrogen and oxygen atoms in total. The Kier molecular flexibility index (Phi) is 4.10. The summed E-state index contributed by atoms with van der Waals surface area (Å²) in [6, 6.07) is 6.78. The van der Waals surface area contributed by atoms with E-state index >= 15 is 0 Å². The molecule has 1 N–H and O–H groups in total. The van der Waals surface area contributed by atoms with Gasteiger partial charge in [-0.15, -0.1) is 11.6 Å². The average Bonchev–Trinajstić information content (AvgIpc) is 3.05. The van der Waals surface area contributed by atoms with Crippen molar-refractivity contribution < 1.29 is 13.6 Å². The van der Waals surface area contributed by atoms with E-state index in [-0.39, 0.29) is 23.6 Å². The molecule has 0 bridgehead atoms. The van der Waals surface area contributed by atoms with Crippen molar-refractivity contribution in [2.24, 2.45) is 0 Å². The molecule has 0 aliphatic heterocycles. The molecule has 2 aromatic rings. The molecule has 0 radical (unpaired) electrons. The van der Waals surface area contributed by atoms with Crippen LogP contribution in [0.15, 0.2) is 39.4 Å². The normalized spacial score (nSPS) is 12.3. The summed E-state index contributed by atoms with van der Waals surface area (Å²) in [6.45, 7) is 1.97. The SMILES string of the molecule is CCC(NC(=O)c1ccc(CCl)o1)c1ccco1. The Bertz CT molecular complexity index is 504. The number of rotatable bonds is 5. The minimum Gasteiger partial charge on any atom is -0.467 e. The van der Waals surface area contributed by atoms with Crippen molar-refractivity contribution in [3.05, 3.63) is 47.8 Å². The number of carbonyl (C=O) groups is 1. The van der Waals surface area contributed by atoms with Crippen LogP contribution in [0.3, 0.4) is 0 Å². The fraction of sp³-hybridized carbons (Fsp3) is 0.308. The molecule has 2 aromatic heterocycles. The van der Waals surface area contributed by atoms with Crippen LogP contribution < -0.4 is 5.32 Å². The fourth-order valence-corrected chi connectivity index (χ4v) is 1.81. The summed E-state index contributed by atoms with van der Waals surface area (Å²) in [4.78, 5) is 11.9. The zero-order chi connectivity index (χ0) is 13.0. The number of hydrogen-bond acceptors (Lipinski definition) is 3. The predicted octanol–water partition coefficient (Wildman–Crippen LogP) is 3.49. The van der Waals surface area contributed by atoms with Gasteiger partial charge in [0, 0.05) is 0 Å². The minimum atomic E-state index is -0.269. The van der Waals surface area contributed by atoms with Gasteiger partial charge in [-0.05, 0) is 30.7 Å². The van der Waals surface area contributed by atoms with Crippen LogP contribution in [0.5, 0.6) is 0 Å². The quantitative estimate of drug-likeness (QED) is 0.844. The van der Waals surface area contributed by atoms with Gasteiger partial charge in [0.25, 0.3) is 5.91 Å². The molecule has 0 aliphatic rings. The van der Waals surface area contributed by atoms with E-state index in [1.807, 2.05) is 13.0 Å². The molecule has 0 fully saturated rings. The van der Waals surface area contributed by atoms with Gasteiger partial charge < -0.3 is 14.2 Å². The van der Waals surface area contributed by atoms with Crippen LogP contribution in [-0.2, 0) is 5.88 Å². The highest BCUT2D eigenvalue weighted by atomic mass is 35.5. The number of halogens is 1. The van der Waals surface area contributed by atoms with Crippen molar-refractivity contribution in [2.75, 3.05) is 0 Å². The second-order valence-electron chi connectivity index (χ2n) is 3.85. The Morgan fingerprint density at radius 3 is 2.83 bits per heavy atom. The summed E-state index contributed by atoms with van der Waals surface area (Å²) < 4.78 is 10.6. The molecule has 1 atom stereocenters. The number of furan rings is 2. The van der Waals surface area contributed by atoms with Gasteiger partial charge in [0.15, 0.2) is 5.76 Å². The van der Waals surface area contributed by atoms with Crippen molar-refractivity contribution in [2.45, 2.75) is 25.3 Å². The Morgan fingerprint density at radius 1 is 1.44 bits per heavy atom. The molecular formula is C13H14ClNO3. The molecule has 96 valence electrons. The minimum absolute atomic E-state index is 0.156. The smallest absolute Gasteiger partial charge is 0.287 e. The topological polar surface area (TPSA) is 55.4 Å². The highest BCUT2D eigenvalue weighted by Crippen LogP contribution is 2.18. The van der Waals surface area contributed by atoms with E-state index in [1.54, 1.807) is 24.5 Å². The van der Waals surface area contributed by atoms with Gasteiger partial charge in [-0.1, -0.05) is 6.92 Å². The molecule has 1 amide bonds. The maximum absolute atomic E-state index is 11.9. The lowest BCUT2D eigenvalue weighted by atomic mass is 10.1. The second kappa shape index (κ2) is 5.78. The lowest BCUT2D eigenvalue weighted by molar-refractivity contribution is 0.0901. The van der Waals surface area contributed by atoms with Gasteiger partial charge >= 0.3 is 0 Å². The van der Waals surface area contributed by atoms with Crippen molar-refractivity contribution in [3.8, 4) is 0 Å². The molecule has 18 heavy (non-hydrogen) atoms. The molecule has 2 rings (SSSR count). The third-order valence-electron chi connectivity index (χ3n) is 2.62. The Morgan fingerprint density at radius 2 is 2.28 bits per heavy atom. The van der Waals surface area contributed by atoms with Crippen LogP contribution in [0.4, 0.5) is 0 Å². The van der Waals surface area contributed by atoms with Crippen LogP contribution in [-0.4, -0.2) is 5.91 Å².